The summed E-state index contributed by atoms with van der Waals surface area (Å²) in [6.45, 7) is 3.13. The van der Waals surface area contributed by atoms with Crippen molar-refractivity contribution in [3.8, 4) is 5.75 Å². The minimum Gasteiger partial charge on any atom is -0.507 e. The van der Waals surface area contributed by atoms with Gasteiger partial charge in [0.2, 0.25) is 0 Å². The zero-order valence-corrected chi connectivity index (χ0v) is 10.6. The first-order chi connectivity index (χ1) is 9.08. The van der Waals surface area contributed by atoms with Gasteiger partial charge >= 0.3 is 5.97 Å². The van der Waals surface area contributed by atoms with E-state index in [-0.39, 0.29) is 11.5 Å². The highest BCUT2D eigenvalue weighted by Crippen LogP contribution is 2.23. The van der Waals surface area contributed by atoms with Gasteiger partial charge in [-0.25, -0.2) is 4.79 Å². The summed E-state index contributed by atoms with van der Waals surface area (Å²) >= 11 is 0. The van der Waals surface area contributed by atoms with Crippen molar-refractivity contribution in [1.82, 2.24) is 0 Å². The Bertz CT molecular complexity index is 614. The average molecular weight is 259 g/mol. The van der Waals surface area contributed by atoms with Crippen molar-refractivity contribution in [1.29, 1.82) is 0 Å². The Hall–Kier alpha value is -2.56. The summed E-state index contributed by atoms with van der Waals surface area (Å²) < 4.78 is 5.24. The Kier molecular flexibility index (Phi) is 3.66. The number of aromatic hydroxyl groups is 1. The van der Waals surface area contributed by atoms with Crippen LogP contribution in [-0.2, 0) is 9.63 Å². The molecule has 1 heterocycles. The maximum atomic E-state index is 10.9. The molecule has 0 aliphatic rings. The molecule has 98 valence electrons. The lowest BCUT2D eigenvalue weighted by molar-refractivity contribution is -0.140. The molecule has 0 saturated heterocycles. The highest BCUT2D eigenvalue weighted by Gasteiger charge is 2.16. The third-order valence-corrected chi connectivity index (χ3v) is 2.43. The van der Waals surface area contributed by atoms with Crippen LogP contribution in [0, 0.1) is 6.92 Å². The lowest BCUT2D eigenvalue weighted by Crippen LogP contribution is -2.05. The number of phenolic OH excluding ortho intramolecular Hbond substituents is 1. The summed E-state index contributed by atoms with van der Waals surface area (Å²) in [4.78, 5) is 15.5. The smallest absolute Gasteiger partial charge is 0.332 e. The average Bonchev–Trinajstić information content (AvgIpc) is 2.87. The number of carbonyl (C=O) groups is 1. The number of rotatable bonds is 3. The van der Waals surface area contributed by atoms with E-state index in [4.69, 9.17) is 4.42 Å². The molecule has 0 unspecified atom stereocenters. The van der Waals surface area contributed by atoms with E-state index in [9.17, 15) is 9.90 Å². The Balaban J connectivity index is 2.51. The highest BCUT2D eigenvalue weighted by molar-refractivity contribution is 6.12. The van der Waals surface area contributed by atoms with Crippen LogP contribution < -0.4 is 0 Å². The molecule has 0 saturated carbocycles. The van der Waals surface area contributed by atoms with Gasteiger partial charge in [-0.15, -0.1) is 0 Å². The van der Waals surface area contributed by atoms with Crippen LogP contribution in [0.1, 0.15) is 23.8 Å². The van der Waals surface area contributed by atoms with Crippen LogP contribution in [0.2, 0.25) is 0 Å². The van der Waals surface area contributed by atoms with E-state index in [1.54, 1.807) is 30.3 Å². The van der Waals surface area contributed by atoms with Gasteiger partial charge in [-0.05, 0) is 31.2 Å². The second-order valence-electron chi connectivity index (χ2n) is 4.02. The zero-order chi connectivity index (χ0) is 13.8. The van der Waals surface area contributed by atoms with Crippen molar-refractivity contribution in [2.24, 2.45) is 5.16 Å². The van der Waals surface area contributed by atoms with Gasteiger partial charge in [0, 0.05) is 12.5 Å². The number of benzene rings is 1. The van der Waals surface area contributed by atoms with E-state index in [1.807, 2.05) is 6.92 Å². The molecule has 0 spiro atoms. The number of phenols is 1. The van der Waals surface area contributed by atoms with Crippen molar-refractivity contribution >= 4 is 11.7 Å². The summed E-state index contributed by atoms with van der Waals surface area (Å²) in [6.07, 6.45) is 1.48. The summed E-state index contributed by atoms with van der Waals surface area (Å²) in [7, 11) is 0. The maximum absolute atomic E-state index is 10.9. The first-order valence-corrected chi connectivity index (χ1v) is 5.67. The number of carbonyl (C=O) groups excluding carboxylic acids is 1. The highest BCUT2D eigenvalue weighted by atomic mass is 16.7. The molecular weight excluding hydrogens is 246 g/mol. The molecule has 19 heavy (non-hydrogen) atoms. The van der Waals surface area contributed by atoms with E-state index in [1.165, 1.54) is 13.2 Å². The van der Waals surface area contributed by atoms with E-state index in [2.05, 4.69) is 9.99 Å². The molecule has 0 aliphatic heterocycles. The summed E-state index contributed by atoms with van der Waals surface area (Å²) in [6, 6.07) is 8.41. The molecule has 1 aromatic heterocycles. The molecule has 0 atom stereocenters. The van der Waals surface area contributed by atoms with Gasteiger partial charge in [0.25, 0.3) is 0 Å². The van der Waals surface area contributed by atoms with Crippen LogP contribution in [0.5, 0.6) is 5.75 Å². The van der Waals surface area contributed by atoms with Crippen LogP contribution in [-0.4, -0.2) is 16.8 Å². The van der Waals surface area contributed by atoms with E-state index >= 15 is 0 Å². The standard InChI is InChI=1S/C14H13NO4/c1-9-5-6-12(17)11(8-9)14(15-19-10(2)16)13-4-3-7-18-13/h3-8,17H,1-2H3/b15-14-. The van der Waals surface area contributed by atoms with Crippen LogP contribution in [0.15, 0.2) is 46.2 Å². The van der Waals surface area contributed by atoms with E-state index in [0.29, 0.717) is 11.3 Å². The zero-order valence-electron chi connectivity index (χ0n) is 10.6. The van der Waals surface area contributed by atoms with Crippen molar-refractivity contribution in [2.45, 2.75) is 13.8 Å². The molecule has 2 aromatic rings. The first-order valence-electron chi connectivity index (χ1n) is 5.67. The quantitative estimate of drug-likeness (QED) is 0.522. The molecule has 0 amide bonds. The number of oxime groups is 1. The van der Waals surface area contributed by atoms with Crippen LogP contribution in [0.4, 0.5) is 0 Å². The lowest BCUT2D eigenvalue weighted by Gasteiger charge is -2.06. The third kappa shape index (κ3) is 3.01. The molecule has 0 bridgehead atoms. The Labute approximate surface area is 110 Å². The monoisotopic (exact) mass is 259 g/mol. The van der Waals surface area contributed by atoms with Crippen molar-refractivity contribution in [3.63, 3.8) is 0 Å². The van der Waals surface area contributed by atoms with Gasteiger partial charge in [0.1, 0.15) is 5.75 Å². The molecule has 5 nitrogen and oxygen atoms in total. The van der Waals surface area contributed by atoms with Crippen molar-refractivity contribution in [2.75, 3.05) is 0 Å². The summed E-state index contributed by atoms with van der Waals surface area (Å²) in [5.74, 6) is -0.105. The predicted octanol–water partition coefficient (Wildman–Crippen LogP) is 2.61. The fraction of sp³-hybridized carbons (Fsp3) is 0.143. The van der Waals surface area contributed by atoms with Gasteiger partial charge in [-0.1, -0.05) is 16.8 Å². The normalized spacial score (nSPS) is 11.4. The molecule has 1 N–H and O–H groups in total. The fourth-order valence-corrected chi connectivity index (χ4v) is 1.59. The SMILES string of the molecule is CC(=O)O/N=C(\c1ccco1)c1cc(C)ccc1O. The fourth-order valence-electron chi connectivity index (χ4n) is 1.59. The number of hydrogen-bond donors (Lipinski definition) is 1. The van der Waals surface area contributed by atoms with Crippen LogP contribution >= 0.6 is 0 Å². The minimum atomic E-state index is -0.545. The van der Waals surface area contributed by atoms with Gasteiger partial charge in [-0.2, -0.15) is 0 Å². The molecule has 1 aromatic carbocycles. The van der Waals surface area contributed by atoms with Crippen molar-refractivity contribution < 1.29 is 19.2 Å². The van der Waals surface area contributed by atoms with Gasteiger partial charge < -0.3 is 14.4 Å². The Morgan fingerprint density at radius 1 is 1.37 bits per heavy atom. The molecule has 0 aliphatic carbocycles. The van der Waals surface area contributed by atoms with Crippen LogP contribution in [0.3, 0.4) is 0 Å². The minimum absolute atomic E-state index is 0.0351. The first kappa shape index (κ1) is 12.9. The Morgan fingerprint density at radius 2 is 2.16 bits per heavy atom. The lowest BCUT2D eigenvalue weighted by atomic mass is 10.0. The maximum Gasteiger partial charge on any atom is 0.332 e. The molecule has 0 radical (unpaired) electrons. The van der Waals surface area contributed by atoms with E-state index < -0.39 is 5.97 Å². The van der Waals surface area contributed by atoms with Crippen molar-refractivity contribution in [3.05, 3.63) is 53.5 Å². The van der Waals surface area contributed by atoms with Gasteiger partial charge in [0.15, 0.2) is 11.5 Å². The number of aryl methyl sites for hydroxylation is 1. The van der Waals surface area contributed by atoms with Crippen LogP contribution in [0.25, 0.3) is 0 Å². The number of nitrogens with zero attached hydrogens (tertiary/aromatic N) is 1. The third-order valence-electron chi connectivity index (χ3n) is 2.43. The summed E-state index contributed by atoms with van der Waals surface area (Å²) in [5.41, 5.74) is 1.65. The second-order valence-corrected chi connectivity index (χ2v) is 4.02. The second kappa shape index (κ2) is 5.39. The van der Waals surface area contributed by atoms with Gasteiger partial charge in [0.05, 0.1) is 6.26 Å². The van der Waals surface area contributed by atoms with Gasteiger partial charge in [-0.3, -0.25) is 0 Å². The largest absolute Gasteiger partial charge is 0.507 e. The summed E-state index contributed by atoms with van der Waals surface area (Å²) in [5, 5.41) is 13.7. The molecule has 2 rings (SSSR count). The molecular formula is C14H13NO4. The van der Waals surface area contributed by atoms with E-state index in [0.717, 1.165) is 5.56 Å². The molecule has 0 fully saturated rings. The molecule has 5 heteroatoms. The topological polar surface area (TPSA) is 72.0 Å². The Morgan fingerprint density at radius 3 is 2.79 bits per heavy atom. The number of furan rings is 1. The number of hydrogen-bond acceptors (Lipinski definition) is 5. The predicted molar refractivity (Wildman–Crippen MR) is 69.0 cm³/mol.